The Balaban J connectivity index is 2.12. The Labute approximate surface area is 164 Å². The summed E-state index contributed by atoms with van der Waals surface area (Å²) in [4.78, 5) is 1.21. The Morgan fingerprint density at radius 3 is 2.14 bits per heavy atom. The highest BCUT2D eigenvalue weighted by atomic mass is 19.4. The first-order chi connectivity index (χ1) is 13.5. The number of nitrogens with zero attached hydrogens (tertiary/aromatic N) is 1. The van der Waals surface area contributed by atoms with Crippen molar-refractivity contribution in [3.63, 3.8) is 0 Å². The third-order valence-electron chi connectivity index (χ3n) is 4.07. The van der Waals surface area contributed by atoms with E-state index < -0.39 is 31.4 Å². The summed E-state index contributed by atoms with van der Waals surface area (Å²) in [7, 11) is 0. The molecule has 0 aliphatic rings. The first-order valence-electron chi connectivity index (χ1n) is 8.94. The molecule has 0 aliphatic carbocycles. The lowest BCUT2D eigenvalue weighted by atomic mass is 10.2. The predicted octanol–water partition coefficient (Wildman–Crippen LogP) is 5.94. The molecule has 2 rings (SSSR count). The van der Waals surface area contributed by atoms with Crippen molar-refractivity contribution in [2.75, 3.05) is 18.0 Å². The molecule has 0 spiro atoms. The van der Waals surface area contributed by atoms with Crippen molar-refractivity contribution in [2.45, 2.75) is 37.7 Å². The molecule has 1 unspecified atom stereocenters. The van der Waals surface area contributed by atoms with E-state index in [1.165, 1.54) is 17.0 Å². The van der Waals surface area contributed by atoms with Gasteiger partial charge >= 0.3 is 12.4 Å². The number of para-hydroxylation sites is 1. The minimum Gasteiger partial charge on any atom is -0.457 e. The maximum atomic E-state index is 12.8. The molecule has 2 aromatic rings. The number of alkyl halides is 6. The summed E-state index contributed by atoms with van der Waals surface area (Å²) < 4.78 is 80.9. The van der Waals surface area contributed by atoms with Crippen LogP contribution in [0.2, 0.25) is 0 Å². The number of anilines is 1. The van der Waals surface area contributed by atoms with Crippen LogP contribution < -0.4 is 9.64 Å². The molecule has 3 nitrogen and oxygen atoms in total. The number of aliphatic hydroxyl groups excluding tert-OH is 1. The highest BCUT2D eigenvalue weighted by Crippen LogP contribution is 2.29. The minimum absolute atomic E-state index is 0.0217. The zero-order valence-electron chi connectivity index (χ0n) is 15.4. The van der Waals surface area contributed by atoms with E-state index in [0.717, 1.165) is 0 Å². The molecule has 0 saturated carbocycles. The number of ether oxygens (including phenoxy) is 1. The Morgan fingerprint density at radius 2 is 1.52 bits per heavy atom. The van der Waals surface area contributed by atoms with Gasteiger partial charge in [-0.3, -0.25) is 0 Å². The van der Waals surface area contributed by atoms with Gasteiger partial charge < -0.3 is 14.7 Å². The summed E-state index contributed by atoms with van der Waals surface area (Å²) in [6.45, 7) is -0.859. The second-order valence-corrected chi connectivity index (χ2v) is 6.49. The van der Waals surface area contributed by atoms with Gasteiger partial charge in [0.15, 0.2) is 6.10 Å². The molecule has 1 atom stereocenters. The SMILES string of the molecule is OC(CN(CCCCC(F)(F)F)c1cccc(Oc2ccccc2)c1)C(F)(F)F. The Morgan fingerprint density at radius 1 is 0.862 bits per heavy atom. The van der Waals surface area contributed by atoms with E-state index in [9.17, 15) is 31.4 Å². The van der Waals surface area contributed by atoms with Crippen LogP contribution in [0.3, 0.4) is 0 Å². The summed E-state index contributed by atoms with van der Waals surface area (Å²) >= 11 is 0. The van der Waals surface area contributed by atoms with Gasteiger partial charge in [0.05, 0.1) is 6.54 Å². The van der Waals surface area contributed by atoms with E-state index in [2.05, 4.69) is 0 Å². The monoisotopic (exact) mass is 421 g/mol. The maximum absolute atomic E-state index is 12.8. The quantitative estimate of drug-likeness (QED) is 0.402. The van der Waals surface area contributed by atoms with Gasteiger partial charge in [0.25, 0.3) is 0 Å². The van der Waals surface area contributed by atoms with Crippen LogP contribution in [0, 0.1) is 0 Å². The molecule has 0 radical (unpaired) electrons. The Hall–Kier alpha value is -2.42. The topological polar surface area (TPSA) is 32.7 Å². The van der Waals surface area contributed by atoms with Crippen molar-refractivity contribution in [3.05, 3.63) is 54.6 Å². The molecule has 0 aliphatic heterocycles. The second-order valence-electron chi connectivity index (χ2n) is 6.49. The van der Waals surface area contributed by atoms with Crippen LogP contribution in [0.5, 0.6) is 11.5 Å². The highest BCUT2D eigenvalue weighted by Gasteiger charge is 2.39. The lowest BCUT2D eigenvalue weighted by Crippen LogP contribution is -2.41. The molecular formula is C20H21F6NO2. The minimum atomic E-state index is -4.83. The van der Waals surface area contributed by atoms with Crippen LogP contribution in [0.1, 0.15) is 19.3 Å². The van der Waals surface area contributed by atoms with E-state index in [0.29, 0.717) is 17.2 Å². The largest absolute Gasteiger partial charge is 0.457 e. The second kappa shape index (κ2) is 9.87. The fraction of sp³-hybridized carbons (Fsp3) is 0.400. The van der Waals surface area contributed by atoms with Gasteiger partial charge in [-0.2, -0.15) is 26.3 Å². The number of hydrogen-bond donors (Lipinski definition) is 1. The molecule has 0 amide bonds. The van der Waals surface area contributed by atoms with Gasteiger partial charge in [0, 0.05) is 24.7 Å². The van der Waals surface area contributed by atoms with E-state index in [-0.39, 0.29) is 19.4 Å². The molecule has 9 heteroatoms. The van der Waals surface area contributed by atoms with Gasteiger partial charge in [-0.05, 0) is 37.1 Å². The number of benzene rings is 2. The van der Waals surface area contributed by atoms with Crippen molar-refractivity contribution in [3.8, 4) is 11.5 Å². The molecule has 0 saturated heterocycles. The fourth-order valence-corrected chi connectivity index (χ4v) is 2.63. The van der Waals surface area contributed by atoms with Gasteiger partial charge in [0.1, 0.15) is 11.5 Å². The van der Waals surface area contributed by atoms with Gasteiger partial charge in [-0.15, -0.1) is 0 Å². The molecule has 0 fully saturated rings. The van der Waals surface area contributed by atoms with Crippen LogP contribution in [-0.2, 0) is 0 Å². The van der Waals surface area contributed by atoms with E-state index in [1.54, 1.807) is 42.5 Å². The summed E-state index contributed by atoms with van der Waals surface area (Å²) in [5, 5.41) is 9.43. The smallest absolute Gasteiger partial charge is 0.416 e. The van der Waals surface area contributed by atoms with Crippen LogP contribution in [0.4, 0.5) is 32.0 Å². The Kier molecular flexibility index (Phi) is 7.78. The van der Waals surface area contributed by atoms with Crippen molar-refractivity contribution in [1.82, 2.24) is 0 Å². The summed E-state index contributed by atoms with van der Waals surface area (Å²) in [6.07, 6.45) is -13.0. The molecular weight excluding hydrogens is 400 g/mol. The number of aliphatic hydroxyl groups is 1. The lowest BCUT2D eigenvalue weighted by Gasteiger charge is -2.28. The molecule has 0 bridgehead atoms. The molecule has 0 aromatic heterocycles. The summed E-state index contributed by atoms with van der Waals surface area (Å²) in [5.41, 5.74) is 0.314. The number of hydrogen-bond acceptors (Lipinski definition) is 3. The van der Waals surface area contributed by atoms with Crippen LogP contribution in [0.25, 0.3) is 0 Å². The lowest BCUT2D eigenvalue weighted by molar-refractivity contribution is -0.200. The van der Waals surface area contributed by atoms with Crippen LogP contribution in [0.15, 0.2) is 54.6 Å². The van der Waals surface area contributed by atoms with Crippen molar-refractivity contribution in [1.29, 1.82) is 0 Å². The van der Waals surface area contributed by atoms with Gasteiger partial charge in [-0.25, -0.2) is 0 Å². The van der Waals surface area contributed by atoms with Crippen LogP contribution >= 0.6 is 0 Å². The van der Waals surface area contributed by atoms with E-state index in [1.807, 2.05) is 0 Å². The van der Waals surface area contributed by atoms with Crippen molar-refractivity contribution >= 4 is 5.69 Å². The van der Waals surface area contributed by atoms with E-state index >= 15 is 0 Å². The molecule has 160 valence electrons. The third-order valence-corrected chi connectivity index (χ3v) is 4.07. The first kappa shape index (κ1) is 22.9. The third kappa shape index (κ3) is 8.23. The molecule has 1 N–H and O–H groups in total. The normalized spacial score (nSPS) is 13.2. The van der Waals surface area contributed by atoms with Gasteiger partial charge in [0.2, 0.25) is 0 Å². The van der Waals surface area contributed by atoms with Crippen molar-refractivity contribution < 1.29 is 36.2 Å². The zero-order valence-corrected chi connectivity index (χ0v) is 15.4. The maximum Gasteiger partial charge on any atom is 0.416 e. The van der Waals surface area contributed by atoms with Crippen LogP contribution in [-0.4, -0.2) is 36.7 Å². The Bertz CT molecular complexity index is 749. The van der Waals surface area contributed by atoms with E-state index in [4.69, 9.17) is 4.74 Å². The standard InChI is InChI=1S/C20H21F6NO2/c21-19(22,23)11-4-5-12-27(14-18(28)20(24,25)26)15-7-6-10-17(13-15)29-16-8-2-1-3-9-16/h1-3,6-10,13,18,28H,4-5,11-12,14H2. The zero-order chi connectivity index (χ0) is 21.5. The predicted molar refractivity (Wildman–Crippen MR) is 97.1 cm³/mol. The fourth-order valence-electron chi connectivity index (χ4n) is 2.63. The number of rotatable bonds is 9. The summed E-state index contributed by atoms with van der Waals surface area (Å²) in [5.74, 6) is 0.882. The summed E-state index contributed by atoms with van der Waals surface area (Å²) in [6, 6.07) is 14.9. The highest BCUT2D eigenvalue weighted by molar-refractivity contribution is 5.51. The average Bonchev–Trinajstić information content (AvgIpc) is 2.63. The molecule has 29 heavy (non-hydrogen) atoms. The molecule has 2 aromatic carbocycles. The number of halogens is 6. The number of unbranched alkanes of at least 4 members (excludes halogenated alkanes) is 1. The van der Waals surface area contributed by atoms with Crippen molar-refractivity contribution in [2.24, 2.45) is 0 Å². The average molecular weight is 421 g/mol. The molecule has 0 heterocycles. The first-order valence-corrected chi connectivity index (χ1v) is 8.94. The van der Waals surface area contributed by atoms with Gasteiger partial charge in [-0.1, -0.05) is 24.3 Å².